The lowest BCUT2D eigenvalue weighted by Gasteiger charge is -2.50. The van der Waals surface area contributed by atoms with Crippen molar-refractivity contribution >= 4 is 130 Å². The van der Waals surface area contributed by atoms with Gasteiger partial charge in [-0.2, -0.15) is 20.3 Å². The molecule has 6 saturated heterocycles. The van der Waals surface area contributed by atoms with Crippen LogP contribution in [0.5, 0.6) is 0 Å². The van der Waals surface area contributed by atoms with Gasteiger partial charge >= 0.3 is 35.8 Å². The summed E-state index contributed by atoms with van der Waals surface area (Å²) in [6, 6.07) is 24.9. The molecule has 23 nitrogen and oxygen atoms in total. The summed E-state index contributed by atoms with van der Waals surface area (Å²) < 4.78 is 9.29. The summed E-state index contributed by atoms with van der Waals surface area (Å²) in [5, 5.41) is 88.0. The van der Waals surface area contributed by atoms with E-state index < -0.39 is 151 Å². The van der Waals surface area contributed by atoms with E-state index >= 15 is 0 Å². The molecule has 10 unspecified atom stereocenters. The van der Waals surface area contributed by atoms with E-state index in [1.54, 1.807) is 24.3 Å². The Bertz CT molecular complexity index is 5240. The number of anilines is 3. The number of hydrogen-bond donors (Lipinski definition) is 9. The van der Waals surface area contributed by atoms with E-state index in [1.165, 1.54) is 59.9 Å². The Labute approximate surface area is 671 Å². The highest BCUT2D eigenvalue weighted by atomic mass is 16.6. The third kappa shape index (κ3) is 13.9. The maximum Gasteiger partial charge on any atom is 0.318 e. The summed E-state index contributed by atoms with van der Waals surface area (Å²) >= 11 is 0. The van der Waals surface area contributed by atoms with Gasteiger partial charge in [-0.3, -0.25) is 38.4 Å². The van der Waals surface area contributed by atoms with Crippen molar-refractivity contribution in [1.82, 2.24) is 20.3 Å². The standard InChI is InChI=1S/C47H59N3O8.C32H44N4O2.C12H8O6.CH4/c1-24(51)36-31-15-16-32(40(36)42(53)54)39(41(31)43(55)56)35(52)18-25-11-13-29-33(17-25)37(26-20-44(2,3)49(57)45(4,5)21-26)30-14-12-28(48-10)19-34(30)38(29)27-22-46(6,7)50(58)47(8,9)23-27;1-29(2)15-19(16-30(3,4)35(29)37)27-23-11-9-22(34)14-26(23)28(24-12-10-21(33)13-25(24)27)20-17-31(5,6)36(38)32(7,8)18-20;13-9-5-3-1-2-4(7(5)11(15)17-9)8-6(3)10(14)18-12(8)16;/h11-17,19,31-32,36,39-41,48,57-58H,18,20-23H2,1-10H3,(H,53,54)(H,55,56);9-14,37-38H,15-18,33-34H2,1-8H3;1-8H;1H4. The Balaban J connectivity index is 0.000000171. The highest BCUT2D eigenvalue weighted by Crippen LogP contribution is 2.58. The van der Waals surface area contributed by atoms with Gasteiger partial charge in [0.15, 0.2) is 0 Å². The molecule has 0 spiro atoms. The van der Waals surface area contributed by atoms with Crippen LogP contribution in [0.4, 0.5) is 17.1 Å². The van der Waals surface area contributed by atoms with E-state index in [-0.39, 0.29) is 25.4 Å². The van der Waals surface area contributed by atoms with E-state index in [2.05, 4.69) is 119 Å². The Hall–Kier alpha value is -9.04. The Kier molecular flexibility index (Phi) is 20.9. The molecule has 0 radical (unpaired) electrons. The fraction of sp³-hybridized carbons (Fsp3) is 0.522. The number of hydroxylamine groups is 8. The van der Waals surface area contributed by atoms with Crippen LogP contribution < -0.4 is 37.7 Å². The SMILES string of the molecule is C.CC1(C)CC(=c2c3ccc(N)cc3c(=C3CC(C)(C)N(O)C(C)(C)C3)c3ccc(N)cc23)CC(C)(C)N1O.CNc1ccc2c(=C3CC(C)(C)N(O)C(C)(C)C3)c3cc(CC(=O)C4C5C=CC(C(C(C)=O)C5C(=O)O)C4C(=O)O)ccc3c(=C3CC(C)(C)N(O)C(C)(C)C3)c2c1.O=C1OC(=O)C2C3C=CC(C12)C1C(=O)OC(=O)C31. The monoisotopic (exact) mass is 1570 g/mol. The maximum absolute atomic E-state index is 14.6. The minimum absolute atomic E-state index is 0. The average Bonchev–Trinajstić information content (AvgIpc) is 1.67. The van der Waals surface area contributed by atoms with Crippen LogP contribution >= 0.6 is 0 Å². The number of carbonyl (C=O) groups is 8. The minimum atomic E-state index is -1.22. The number of hydrogen-bond acceptors (Lipinski definition) is 21. The van der Waals surface area contributed by atoms with Gasteiger partial charge < -0.3 is 57.3 Å². The first-order chi connectivity index (χ1) is 52.9. The van der Waals surface area contributed by atoms with Gasteiger partial charge in [0, 0.05) is 110 Å². The topological polar surface area (TPSA) is 353 Å². The van der Waals surface area contributed by atoms with Crippen LogP contribution in [0.25, 0.3) is 65.4 Å². The van der Waals surface area contributed by atoms with E-state index in [9.17, 15) is 69.4 Å². The highest BCUT2D eigenvalue weighted by Gasteiger charge is 2.68. The zero-order chi connectivity index (χ0) is 83.2. The van der Waals surface area contributed by atoms with Crippen molar-refractivity contribution in [2.45, 2.75) is 227 Å². The van der Waals surface area contributed by atoms with Gasteiger partial charge in [0.1, 0.15) is 11.6 Å². The van der Waals surface area contributed by atoms with Crippen LogP contribution in [0.1, 0.15) is 182 Å². The van der Waals surface area contributed by atoms with E-state index in [1.807, 2.05) is 86.7 Å². The van der Waals surface area contributed by atoms with Gasteiger partial charge in [-0.1, -0.05) is 90.4 Å². The number of cyclic esters (lactones) is 4. The Morgan fingerprint density at radius 2 is 0.661 bits per heavy atom. The lowest BCUT2D eigenvalue weighted by atomic mass is 9.51. The number of ether oxygens (including phenoxy) is 2. The van der Waals surface area contributed by atoms with Gasteiger partial charge in [-0.15, -0.1) is 0 Å². The molecule has 11 N–H and O–H groups in total. The van der Waals surface area contributed by atoms with Crippen LogP contribution in [0.3, 0.4) is 0 Å². The molecule has 614 valence electrons. The first kappa shape index (κ1) is 83.9. The molecule has 18 rings (SSSR count). The van der Waals surface area contributed by atoms with Crippen molar-refractivity contribution in [1.29, 1.82) is 0 Å². The normalized spacial score (nSPS) is 29.8. The number of esters is 4. The number of aliphatic carboxylic acids is 2. The third-order valence-corrected chi connectivity index (χ3v) is 27.1. The number of nitrogen functional groups attached to an aromatic ring is 2. The fourth-order valence-corrected chi connectivity index (χ4v) is 23.2. The summed E-state index contributed by atoms with van der Waals surface area (Å²) in [5.41, 5.74) is 16.9. The highest BCUT2D eigenvalue weighted by molar-refractivity contribution is 6.07. The van der Waals surface area contributed by atoms with Crippen molar-refractivity contribution in [3.05, 3.63) is 124 Å². The first-order valence-corrected chi connectivity index (χ1v) is 39.9. The lowest BCUT2D eigenvalue weighted by Crippen LogP contribution is -2.57. The lowest BCUT2D eigenvalue weighted by molar-refractivity contribution is -0.228. The third-order valence-electron chi connectivity index (χ3n) is 27.1. The molecule has 6 heterocycles. The second-order valence-corrected chi connectivity index (χ2v) is 39.3. The summed E-state index contributed by atoms with van der Waals surface area (Å²) in [6.07, 6.45) is 12.0. The number of nitrogens with zero attached hydrogens (tertiary/aromatic N) is 4. The largest absolute Gasteiger partial charge is 0.481 e. The molecule has 12 aliphatic rings. The van der Waals surface area contributed by atoms with Gasteiger partial charge in [-0.05, 0) is 275 Å². The van der Waals surface area contributed by atoms with Gasteiger partial charge in [-0.25, -0.2) is 0 Å². The molecule has 0 amide bonds. The predicted octanol–water partition coefficient (Wildman–Crippen LogP) is 12.2. The molecule has 6 aromatic rings. The number of carbonyl (C=O) groups excluding carboxylic acids is 6. The smallest absolute Gasteiger partial charge is 0.318 e. The molecule has 6 aliphatic carbocycles. The van der Waals surface area contributed by atoms with Crippen molar-refractivity contribution in [2.24, 2.45) is 71.0 Å². The van der Waals surface area contributed by atoms with Crippen LogP contribution in [0.2, 0.25) is 0 Å². The number of nitrogens with one attached hydrogen (secondary N) is 1. The fourth-order valence-electron chi connectivity index (χ4n) is 23.2. The van der Waals surface area contributed by atoms with Crippen molar-refractivity contribution in [3.8, 4) is 0 Å². The molecule has 6 aromatic carbocycles. The van der Waals surface area contributed by atoms with Crippen LogP contribution in [0.15, 0.2) is 97.1 Å². The maximum atomic E-state index is 14.6. The van der Waals surface area contributed by atoms with Crippen molar-refractivity contribution in [3.63, 3.8) is 0 Å². The summed E-state index contributed by atoms with van der Waals surface area (Å²) in [6.45, 7) is 34.4. The minimum Gasteiger partial charge on any atom is -0.481 e. The summed E-state index contributed by atoms with van der Waals surface area (Å²) in [7, 11) is 1.90. The van der Waals surface area contributed by atoms with Crippen molar-refractivity contribution in [2.75, 3.05) is 23.8 Å². The number of piperidine rings is 4. The predicted molar refractivity (Wildman–Crippen MR) is 441 cm³/mol. The van der Waals surface area contributed by atoms with E-state index in [0.29, 0.717) is 31.2 Å². The number of benzene rings is 6. The number of allylic oxidation sites excluding steroid dienone is 4. The number of nitrogens with two attached hydrogens (primary N) is 2. The number of carboxylic acid groups (broad SMARTS) is 2. The average molecular weight is 1570 g/mol. The second kappa shape index (κ2) is 28.7. The van der Waals surface area contributed by atoms with E-state index in [0.717, 1.165) is 96.3 Å². The quantitative estimate of drug-likeness (QED) is 0.0236. The Morgan fingerprint density at radius 1 is 0.391 bits per heavy atom. The number of carboxylic acids is 2. The van der Waals surface area contributed by atoms with Crippen LogP contribution in [-0.2, 0) is 54.3 Å². The van der Waals surface area contributed by atoms with Gasteiger partial charge in [0.25, 0.3) is 0 Å². The zero-order valence-electron chi connectivity index (χ0n) is 68.7. The second-order valence-electron chi connectivity index (χ2n) is 39.3. The number of Topliss-reactive ketones (excluding diaryl/α,β-unsaturated/α-hetero) is 2. The molecule has 23 heteroatoms. The Morgan fingerprint density at radius 3 is 0.965 bits per heavy atom. The molecular formula is C92H115N7O16. The number of ketones is 2. The molecular weight excluding hydrogens is 1460 g/mol. The number of rotatable bonds is 7. The molecule has 2 saturated carbocycles. The molecule has 0 aromatic heterocycles. The van der Waals surface area contributed by atoms with Crippen LogP contribution in [-0.4, -0.2) is 150 Å². The van der Waals surface area contributed by atoms with Crippen molar-refractivity contribution < 1.29 is 78.9 Å². The van der Waals surface area contributed by atoms with E-state index in [4.69, 9.17) is 11.5 Å². The van der Waals surface area contributed by atoms with Gasteiger partial charge in [0.2, 0.25) is 0 Å². The van der Waals surface area contributed by atoms with Crippen LogP contribution in [0, 0.1) is 71.0 Å². The number of fused-ring (bicyclic) bond motifs is 6. The molecule has 4 bridgehead atoms. The van der Waals surface area contributed by atoms with Gasteiger partial charge in [0.05, 0.1) is 35.5 Å². The summed E-state index contributed by atoms with van der Waals surface area (Å²) in [5.74, 6) is -15.3. The molecule has 10 atom stereocenters. The summed E-state index contributed by atoms with van der Waals surface area (Å²) in [4.78, 5) is 99.5. The zero-order valence-corrected chi connectivity index (χ0v) is 68.7. The molecule has 115 heavy (non-hydrogen) atoms. The molecule has 8 fully saturated rings. The first-order valence-electron chi connectivity index (χ1n) is 39.9. The molecule has 6 aliphatic heterocycles.